The lowest BCUT2D eigenvalue weighted by molar-refractivity contribution is -0.223. The Morgan fingerprint density at radius 2 is 1.51 bits per heavy atom. The first-order valence-electron chi connectivity index (χ1n) is 17.3. The topological polar surface area (TPSA) is 176 Å². The molecule has 3 aromatic carbocycles. The number of aromatic nitrogens is 1. The molecule has 2 N–H and O–H groups in total. The van der Waals surface area contributed by atoms with Crippen molar-refractivity contribution < 1.29 is 52.1 Å². The normalized spacial score (nSPS) is 11.4. The second-order valence-electron chi connectivity index (χ2n) is 12.7. The van der Waals surface area contributed by atoms with Crippen LogP contribution in [0.1, 0.15) is 62.5 Å². The SMILES string of the molecule is CCC(=O)N([C@H](CC(=O)OC)C(=O)COc1c(F)cccc1F)N(C(=O)CC(C)C)N(NC(=O)c1ccc2ccccc2n1)C(=O)CCc1ccc(O)cc1. The number of amides is 4. The number of halogens is 2. The highest BCUT2D eigenvalue weighted by Crippen LogP contribution is 2.24. The van der Waals surface area contributed by atoms with Crippen molar-refractivity contribution in [2.45, 2.75) is 58.9 Å². The number of nitrogens with zero attached hydrogens (tertiary/aromatic N) is 4. The summed E-state index contributed by atoms with van der Waals surface area (Å²) in [5, 5.41) is 12.0. The van der Waals surface area contributed by atoms with E-state index in [-0.39, 0.29) is 30.7 Å². The first-order chi connectivity index (χ1) is 26.2. The Bertz CT molecular complexity index is 2020. The highest BCUT2D eigenvalue weighted by Gasteiger charge is 2.43. The number of phenolic OH excluding ortho intramolecular Hbond substituents is 1. The fraction of sp³-hybridized carbons (Fsp3) is 0.308. The molecule has 0 saturated carbocycles. The van der Waals surface area contributed by atoms with Gasteiger partial charge in [-0.05, 0) is 54.3 Å². The Morgan fingerprint density at radius 1 is 0.836 bits per heavy atom. The van der Waals surface area contributed by atoms with Crippen LogP contribution < -0.4 is 10.2 Å². The fourth-order valence-corrected chi connectivity index (χ4v) is 5.35. The standard InChI is InChI=1S/C39H41F2N5O9/c1-5-34(49)44(32(22-37(52)54-4)33(48)23-55-38-28(40)10-8-11-29(38)41)46(36(51)21-24(2)3)45(35(50)20-15-25-13-17-27(47)18-14-25)43-39(53)31-19-16-26-9-6-7-12-30(26)42-31/h6-14,16-19,24,32,47H,5,15,20-23H2,1-4H3,(H,43,53)/t32-/m1/s1. The van der Waals surface area contributed by atoms with E-state index < -0.39 is 84.2 Å². The number of hydrogen-bond acceptors (Lipinski definition) is 10. The number of hydrazine groups is 3. The van der Waals surface area contributed by atoms with Crippen LogP contribution in [0.2, 0.25) is 0 Å². The van der Waals surface area contributed by atoms with Crippen LogP contribution >= 0.6 is 0 Å². The van der Waals surface area contributed by atoms with Crippen molar-refractivity contribution in [3.05, 3.63) is 102 Å². The van der Waals surface area contributed by atoms with Crippen LogP contribution in [0.3, 0.4) is 0 Å². The zero-order valence-electron chi connectivity index (χ0n) is 30.7. The number of nitrogens with one attached hydrogen (secondary N) is 1. The Kier molecular flexibility index (Phi) is 14.3. The molecule has 0 unspecified atom stereocenters. The van der Waals surface area contributed by atoms with E-state index in [0.717, 1.165) is 25.3 Å². The van der Waals surface area contributed by atoms with E-state index in [4.69, 9.17) is 9.47 Å². The van der Waals surface area contributed by atoms with Crippen LogP contribution in [-0.4, -0.2) is 80.5 Å². The van der Waals surface area contributed by atoms with Gasteiger partial charge in [-0.15, -0.1) is 10.2 Å². The summed E-state index contributed by atoms with van der Waals surface area (Å²) >= 11 is 0. The number of aromatic hydroxyl groups is 1. The minimum atomic E-state index is -1.96. The Hall–Kier alpha value is -6.45. The molecule has 1 aromatic heterocycles. The molecular weight excluding hydrogens is 720 g/mol. The summed E-state index contributed by atoms with van der Waals surface area (Å²) in [7, 11) is 1.01. The third kappa shape index (κ3) is 10.8. The Balaban J connectivity index is 1.84. The lowest BCUT2D eigenvalue weighted by Crippen LogP contribution is -2.68. The number of para-hydroxylation sites is 2. The molecule has 4 rings (SSSR count). The predicted octanol–water partition coefficient (Wildman–Crippen LogP) is 4.85. The van der Waals surface area contributed by atoms with Gasteiger partial charge >= 0.3 is 5.97 Å². The molecule has 290 valence electrons. The second-order valence-corrected chi connectivity index (χ2v) is 12.7. The highest BCUT2D eigenvalue weighted by atomic mass is 19.1. The quantitative estimate of drug-likeness (QED) is 0.134. The predicted molar refractivity (Wildman–Crippen MR) is 193 cm³/mol. The van der Waals surface area contributed by atoms with Gasteiger partial charge in [-0.1, -0.05) is 63.2 Å². The zero-order chi connectivity index (χ0) is 40.2. The lowest BCUT2D eigenvalue weighted by atomic mass is 10.1. The van der Waals surface area contributed by atoms with Gasteiger partial charge in [0.2, 0.25) is 5.91 Å². The van der Waals surface area contributed by atoms with Crippen molar-refractivity contribution in [2.24, 2.45) is 5.92 Å². The van der Waals surface area contributed by atoms with Crippen molar-refractivity contribution in [1.29, 1.82) is 0 Å². The molecule has 1 atom stereocenters. The van der Waals surface area contributed by atoms with Gasteiger partial charge in [0, 0.05) is 24.6 Å². The van der Waals surface area contributed by atoms with Crippen molar-refractivity contribution in [3.8, 4) is 11.5 Å². The Labute approximate surface area is 315 Å². The summed E-state index contributed by atoms with van der Waals surface area (Å²) in [4.78, 5) is 87.6. The number of fused-ring (bicyclic) bond motifs is 1. The molecule has 0 fully saturated rings. The summed E-state index contributed by atoms with van der Waals surface area (Å²) in [5.41, 5.74) is 3.23. The minimum Gasteiger partial charge on any atom is -0.508 e. The average molecular weight is 762 g/mol. The number of carbonyl (C=O) groups excluding carboxylic acids is 6. The number of Topliss-reactive ketones (excluding diaryl/α,β-unsaturated/α-hetero) is 1. The van der Waals surface area contributed by atoms with Crippen molar-refractivity contribution in [1.82, 2.24) is 25.7 Å². The largest absolute Gasteiger partial charge is 0.508 e. The third-order valence-electron chi connectivity index (χ3n) is 8.13. The van der Waals surface area contributed by atoms with Gasteiger partial charge in [0.15, 0.2) is 23.2 Å². The van der Waals surface area contributed by atoms with Crippen LogP contribution in [0.4, 0.5) is 8.78 Å². The highest BCUT2D eigenvalue weighted by molar-refractivity contribution is 5.97. The molecule has 0 bridgehead atoms. The van der Waals surface area contributed by atoms with Gasteiger partial charge in [-0.25, -0.2) is 24.2 Å². The molecule has 0 radical (unpaired) electrons. The fourth-order valence-electron chi connectivity index (χ4n) is 5.35. The van der Waals surface area contributed by atoms with Gasteiger partial charge in [0.25, 0.3) is 17.7 Å². The van der Waals surface area contributed by atoms with Crippen LogP contribution in [0, 0.1) is 17.6 Å². The van der Waals surface area contributed by atoms with Crippen molar-refractivity contribution in [2.75, 3.05) is 13.7 Å². The zero-order valence-corrected chi connectivity index (χ0v) is 30.7. The second kappa shape index (κ2) is 19.0. The Morgan fingerprint density at radius 3 is 2.15 bits per heavy atom. The third-order valence-corrected chi connectivity index (χ3v) is 8.13. The molecule has 0 aliphatic heterocycles. The molecule has 0 aliphatic carbocycles. The maximum absolute atomic E-state index is 14.5. The van der Waals surface area contributed by atoms with E-state index in [1.807, 2.05) is 0 Å². The number of pyridine rings is 1. The summed E-state index contributed by atoms with van der Waals surface area (Å²) in [6.07, 6.45) is -1.99. The minimum absolute atomic E-state index is 0.0194. The molecule has 0 saturated heterocycles. The molecule has 4 amide bonds. The maximum atomic E-state index is 14.5. The average Bonchev–Trinajstić information content (AvgIpc) is 3.16. The smallest absolute Gasteiger partial charge is 0.308 e. The monoisotopic (exact) mass is 761 g/mol. The molecule has 55 heavy (non-hydrogen) atoms. The summed E-state index contributed by atoms with van der Waals surface area (Å²) in [6, 6.07) is 16.7. The molecule has 1 heterocycles. The molecule has 0 spiro atoms. The van der Waals surface area contributed by atoms with Gasteiger partial charge in [0.1, 0.15) is 24.1 Å². The number of rotatable bonds is 14. The van der Waals surface area contributed by atoms with Crippen molar-refractivity contribution in [3.63, 3.8) is 0 Å². The van der Waals surface area contributed by atoms with Gasteiger partial charge in [-0.2, -0.15) is 0 Å². The molecular formula is C39H41F2N5O9. The van der Waals surface area contributed by atoms with Crippen LogP contribution in [0.15, 0.2) is 78.9 Å². The van der Waals surface area contributed by atoms with E-state index >= 15 is 0 Å². The van der Waals surface area contributed by atoms with Gasteiger partial charge in [-0.3, -0.25) is 28.8 Å². The van der Waals surface area contributed by atoms with E-state index in [2.05, 4.69) is 10.4 Å². The number of benzene rings is 3. The van der Waals surface area contributed by atoms with Crippen molar-refractivity contribution >= 4 is 46.3 Å². The lowest BCUT2D eigenvalue weighted by Gasteiger charge is -2.44. The molecule has 4 aromatic rings. The van der Waals surface area contributed by atoms with E-state index in [1.54, 1.807) is 56.3 Å². The number of phenols is 1. The molecule has 14 nitrogen and oxygen atoms in total. The van der Waals surface area contributed by atoms with E-state index in [0.29, 0.717) is 31.7 Å². The molecule has 0 aliphatic rings. The number of esters is 1. The summed E-state index contributed by atoms with van der Waals surface area (Å²) in [6.45, 7) is 3.64. The van der Waals surface area contributed by atoms with E-state index in [1.165, 1.54) is 25.1 Å². The number of aryl methyl sites for hydroxylation is 1. The number of ether oxygens (including phenoxy) is 2. The first-order valence-corrected chi connectivity index (χ1v) is 17.3. The number of hydrogen-bond donors (Lipinski definition) is 2. The number of ketones is 1. The van der Waals surface area contributed by atoms with Crippen LogP contribution in [-0.2, 0) is 35.1 Å². The van der Waals surface area contributed by atoms with Gasteiger partial charge < -0.3 is 14.6 Å². The number of carbonyl (C=O) groups is 6. The maximum Gasteiger partial charge on any atom is 0.308 e. The van der Waals surface area contributed by atoms with Crippen LogP contribution in [0.25, 0.3) is 10.9 Å². The molecule has 16 heteroatoms. The van der Waals surface area contributed by atoms with Gasteiger partial charge in [0.05, 0.1) is 19.0 Å². The first kappa shape index (κ1) is 41.3. The van der Waals surface area contributed by atoms with E-state index in [9.17, 15) is 42.7 Å². The number of methoxy groups -OCH3 is 1. The van der Waals surface area contributed by atoms with Crippen LogP contribution in [0.5, 0.6) is 11.5 Å². The summed E-state index contributed by atoms with van der Waals surface area (Å²) in [5.74, 6) is -9.59. The summed E-state index contributed by atoms with van der Waals surface area (Å²) < 4.78 is 38.9.